The third-order valence-electron chi connectivity index (χ3n) is 2.60. The average Bonchev–Trinajstić information content (AvgIpc) is 2.46. The quantitative estimate of drug-likeness (QED) is 0.521. The number of nitriles is 1. The van der Waals surface area contributed by atoms with Crippen molar-refractivity contribution in [2.45, 2.75) is 5.16 Å². The molecule has 0 saturated carbocycles. The molecule has 98 valence electrons. The highest BCUT2D eigenvalue weighted by Gasteiger charge is 2.14. The molecule has 0 unspecified atom stereocenters. The fraction of sp³-hybridized carbons (Fsp3) is 0.0714. The van der Waals surface area contributed by atoms with Gasteiger partial charge in [0.05, 0.1) is 11.3 Å². The molecule has 0 aliphatic heterocycles. The van der Waals surface area contributed by atoms with Gasteiger partial charge in [0.15, 0.2) is 5.16 Å². The number of hydrogen-bond donors (Lipinski definition) is 1. The van der Waals surface area contributed by atoms with Crippen molar-refractivity contribution in [1.82, 2.24) is 9.97 Å². The predicted octanol–water partition coefficient (Wildman–Crippen LogP) is 2.15. The first kappa shape index (κ1) is 13.9. The van der Waals surface area contributed by atoms with Gasteiger partial charge in [0, 0.05) is 5.56 Å². The van der Waals surface area contributed by atoms with Crippen LogP contribution in [0.3, 0.4) is 0 Å². The van der Waals surface area contributed by atoms with Gasteiger partial charge in [-0.3, -0.25) is 4.79 Å². The second-order valence-corrected chi connectivity index (χ2v) is 4.54. The van der Waals surface area contributed by atoms with E-state index in [-0.39, 0.29) is 16.8 Å². The van der Waals surface area contributed by atoms with Gasteiger partial charge in [-0.15, -0.1) is 6.42 Å². The zero-order valence-electron chi connectivity index (χ0n) is 10.4. The number of aromatic nitrogens is 2. The Hall–Kier alpha value is -2.57. The van der Waals surface area contributed by atoms with Crippen molar-refractivity contribution >= 4 is 11.8 Å². The van der Waals surface area contributed by atoms with Crippen molar-refractivity contribution in [2.24, 2.45) is 0 Å². The number of benzene rings is 1. The van der Waals surface area contributed by atoms with E-state index in [1.54, 1.807) is 12.3 Å². The lowest BCUT2D eigenvalue weighted by molar-refractivity contribution is 0.624. The number of halogens is 1. The van der Waals surface area contributed by atoms with Crippen LogP contribution in [0.1, 0.15) is 11.1 Å². The second-order valence-electron chi connectivity index (χ2n) is 3.75. The molecule has 0 aliphatic rings. The molecule has 2 aromatic rings. The maximum absolute atomic E-state index is 13.4. The molecule has 6 heteroatoms. The summed E-state index contributed by atoms with van der Waals surface area (Å²) in [6, 6.07) is 5.82. The summed E-state index contributed by atoms with van der Waals surface area (Å²) in [6.07, 6.45) is 6.95. The third-order valence-corrected chi connectivity index (χ3v) is 3.18. The summed E-state index contributed by atoms with van der Waals surface area (Å²) in [7, 11) is 0. The first-order chi connectivity index (χ1) is 9.60. The summed E-state index contributed by atoms with van der Waals surface area (Å²) in [6.45, 7) is 0. The number of nitrogens with zero attached hydrogens (tertiary/aromatic N) is 2. The van der Waals surface area contributed by atoms with Crippen LogP contribution in [0, 0.1) is 29.5 Å². The number of rotatable bonds is 2. The standard InChI is InChI=1S/C14H8FN3OS/c1-3-8-6-9(4-5-11(8)15)12-10(7-16)13(19)18-14(17-12)20-2/h1,4-6H,2H3,(H,17,18,19). The van der Waals surface area contributed by atoms with E-state index < -0.39 is 11.4 Å². The monoisotopic (exact) mass is 285 g/mol. The maximum atomic E-state index is 13.4. The van der Waals surface area contributed by atoms with E-state index in [9.17, 15) is 9.18 Å². The average molecular weight is 285 g/mol. The number of H-pyrrole nitrogens is 1. The summed E-state index contributed by atoms with van der Waals surface area (Å²) in [5, 5.41) is 9.44. The van der Waals surface area contributed by atoms with Crippen LogP contribution in [0.25, 0.3) is 11.3 Å². The van der Waals surface area contributed by atoms with Gasteiger partial charge in [-0.1, -0.05) is 17.7 Å². The Morgan fingerprint density at radius 2 is 2.25 bits per heavy atom. The lowest BCUT2D eigenvalue weighted by Crippen LogP contribution is -2.14. The van der Waals surface area contributed by atoms with Gasteiger partial charge in [0.1, 0.15) is 17.4 Å². The number of aromatic amines is 1. The van der Waals surface area contributed by atoms with Gasteiger partial charge in [-0.25, -0.2) is 9.37 Å². The van der Waals surface area contributed by atoms with Crippen molar-refractivity contribution in [3.05, 3.63) is 45.5 Å². The highest BCUT2D eigenvalue weighted by Crippen LogP contribution is 2.23. The first-order valence-electron chi connectivity index (χ1n) is 5.45. The summed E-state index contributed by atoms with van der Waals surface area (Å²) in [5.41, 5.74) is 0.0133. The zero-order valence-corrected chi connectivity index (χ0v) is 11.2. The fourth-order valence-corrected chi connectivity index (χ4v) is 2.02. The van der Waals surface area contributed by atoms with E-state index in [0.717, 1.165) is 0 Å². The van der Waals surface area contributed by atoms with E-state index in [2.05, 4.69) is 15.9 Å². The highest BCUT2D eigenvalue weighted by molar-refractivity contribution is 7.98. The lowest BCUT2D eigenvalue weighted by Gasteiger charge is -2.06. The Kier molecular flexibility index (Phi) is 3.88. The Morgan fingerprint density at radius 1 is 1.50 bits per heavy atom. The molecular formula is C14H8FN3OS. The smallest absolute Gasteiger partial charge is 0.270 e. The first-order valence-corrected chi connectivity index (χ1v) is 6.68. The molecule has 1 heterocycles. The number of terminal acetylenes is 1. The molecule has 0 amide bonds. The highest BCUT2D eigenvalue weighted by atomic mass is 32.2. The Balaban J connectivity index is 2.76. The summed E-state index contributed by atoms with van der Waals surface area (Å²) in [4.78, 5) is 18.5. The second kappa shape index (κ2) is 5.60. The predicted molar refractivity (Wildman–Crippen MR) is 74.7 cm³/mol. The molecule has 20 heavy (non-hydrogen) atoms. The molecule has 1 aromatic heterocycles. The molecule has 0 aliphatic carbocycles. The minimum Gasteiger partial charge on any atom is -0.300 e. The van der Waals surface area contributed by atoms with Crippen LogP contribution < -0.4 is 5.56 Å². The minimum atomic E-state index is -0.537. The van der Waals surface area contributed by atoms with Crippen molar-refractivity contribution < 1.29 is 4.39 Å². The van der Waals surface area contributed by atoms with Crippen molar-refractivity contribution in [2.75, 3.05) is 6.26 Å². The zero-order chi connectivity index (χ0) is 14.7. The molecule has 2 rings (SSSR count). The number of thioether (sulfide) groups is 1. The normalized spacial score (nSPS) is 9.80. The number of hydrogen-bond acceptors (Lipinski definition) is 4. The van der Waals surface area contributed by atoms with Crippen LogP contribution in [0.15, 0.2) is 28.2 Å². The third kappa shape index (κ3) is 2.42. The van der Waals surface area contributed by atoms with E-state index in [1.165, 1.54) is 30.0 Å². The number of nitrogens with one attached hydrogen (secondary N) is 1. The Labute approximate surface area is 118 Å². The van der Waals surface area contributed by atoms with Gasteiger partial charge in [0.25, 0.3) is 5.56 Å². The van der Waals surface area contributed by atoms with Gasteiger partial charge < -0.3 is 4.98 Å². The Morgan fingerprint density at radius 3 is 2.85 bits per heavy atom. The van der Waals surface area contributed by atoms with Gasteiger partial charge in [-0.05, 0) is 24.5 Å². The molecule has 1 N–H and O–H groups in total. The van der Waals surface area contributed by atoms with E-state index in [4.69, 9.17) is 11.7 Å². The maximum Gasteiger partial charge on any atom is 0.270 e. The molecule has 0 bridgehead atoms. The molecule has 4 nitrogen and oxygen atoms in total. The van der Waals surface area contributed by atoms with Crippen molar-refractivity contribution in [3.8, 4) is 29.7 Å². The molecule has 0 radical (unpaired) electrons. The van der Waals surface area contributed by atoms with Crippen LogP contribution in [0.4, 0.5) is 4.39 Å². The summed E-state index contributed by atoms with van der Waals surface area (Å²) < 4.78 is 13.4. The molecule has 1 aromatic carbocycles. The summed E-state index contributed by atoms with van der Waals surface area (Å²) in [5.74, 6) is 1.67. The largest absolute Gasteiger partial charge is 0.300 e. The van der Waals surface area contributed by atoms with Crippen LogP contribution in [-0.2, 0) is 0 Å². The van der Waals surface area contributed by atoms with Crippen molar-refractivity contribution in [1.29, 1.82) is 5.26 Å². The minimum absolute atomic E-state index is 0.0548. The van der Waals surface area contributed by atoms with E-state index in [1.807, 2.05) is 0 Å². The lowest BCUT2D eigenvalue weighted by atomic mass is 10.0. The van der Waals surface area contributed by atoms with Crippen LogP contribution >= 0.6 is 11.8 Å². The summed E-state index contributed by atoms with van der Waals surface area (Å²) >= 11 is 1.23. The molecule has 0 atom stereocenters. The van der Waals surface area contributed by atoms with Crippen LogP contribution in [0.2, 0.25) is 0 Å². The molecular weight excluding hydrogens is 277 g/mol. The SMILES string of the molecule is C#Cc1cc(-c2nc(SC)[nH]c(=O)c2C#N)ccc1F. The topological polar surface area (TPSA) is 69.5 Å². The fourth-order valence-electron chi connectivity index (χ4n) is 1.65. The van der Waals surface area contributed by atoms with E-state index >= 15 is 0 Å². The van der Waals surface area contributed by atoms with Gasteiger partial charge in [-0.2, -0.15) is 5.26 Å². The van der Waals surface area contributed by atoms with Crippen molar-refractivity contribution in [3.63, 3.8) is 0 Å². The van der Waals surface area contributed by atoms with Crippen LogP contribution in [-0.4, -0.2) is 16.2 Å². The molecule has 0 spiro atoms. The van der Waals surface area contributed by atoms with Gasteiger partial charge >= 0.3 is 0 Å². The van der Waals surface area contributed by atoms with Gasteiger partial charge in [0.2, 0.25) is 0 Å². The molecule has 0 saturated heterocycles. The Bertz CT molecular complexity index is 815. The van der Waals surface area contributed by atoms with Crippen LogP contribution in [0.5, 0.6) is 0 Å². The molecule has 0 fully saturated rings. The van der Waals surface area contributed by atoms with E-state index in [0.29, 0.717) is 10.7 Å².